The highest BCUT2D eigenvalue weighted by Crippen LogP contribution is 2.44. The molecule has 3 aliphatic heterocycles. The molecule has 6 heterocycles. The molecule has 0 spiro atoms. The molecule has 0 radical (unpaired) electrons. The topological polar surface area (TPSA) is 281 Å². The fraction of sp³-hybridized carbons (Fsp3) is 0.500. The number of allylic oxidation sites excluding steroid dienone is 1. The number of likely N-dealkylation sites (tertiary alicyclic amines) is 1. The molecule has 106 heavy (non-hydrogen) atoms. The van der Waals surface area contributed by atoms with E-state index in [0.717, 1.165) is 167 Å². The molecule has 3 aromatic heterocycles. The van der Waals surface area contributed by atoms with Crippen LogP contribution in [0.4, 0.5) is 17.1 Å². The van der Waals surface area contributed by atoms with Gasteiger partial charge in [-0.15, -0.1) is 11.3 Å². The number of nitrogens with zero attached hydrogens (tertiary/aromatic N) is 8. The zero-order valence-corrected chi connectivity index (χ0v) is 64.2. The van der Waals surface area contributed by atoms with Crippen molar-refractivity contribution in [3.8, 4) is 21.9 Å². The smallest absolute Gasteiger partial charge is 0.293 e. The number of amides is 4. The van der Waals surface area contributed by atoms with Gasteiger partial charge in [0.15, 0.2) is 0 Å². The minimum atomic E-state index is -4.63. The number of anilines is 2. The first-order valence-corrected chi connectivity index (χ1v) is 40.3. The molecule has 0 bridgehead atoms. The summed E-state index contributed by atoms with van der Waals surface area (Å²) in [4.78, 5) is 91.2. The number of nitro benzene ring substituents is 1. The molecule has 3 atom stereocenters. The summed E-state index contributed by atoms with van der Waals surface area (Å²) in [7, 11) is -4.63. The van der Waals surface area contributed by atoms with Gasteiger partial charge in [0.25, 0.3) is 21.6 Å². The molecule has 5 aliphatic rings. The molecule has 7 aromatic rings. The first kappa shape index (κ1) is 77.3. The SMILES string of the molecule is Cc1ncsc1-c1ccc(CNC(=O)[C@@H]2C[C@@H](O)CN2C(=O)[C@@H](NC(=O)CCCCCCCN2CCN(C3CCC(CNc4ccc(S(=O)(=O)NC(=O)c5ccc(N6CCN(CC7=C(c8ccc(Cl)cc8)CC(C)(C)CC7)CC6)cc5Oc5cnc6[nH]ccc6c5)cc4[N+](=O)[O-])CC3)CC2)C(C)(C)C)cc1. The molecule has 1 saturated carbocycles. The molecular formula is C80H102ClN13O10S2. The molecule has 23 nitrogen and oxygen atoms in total. The number of hydrogen-bond donors (Lipinski definition) is 6. The van der Waals surface area contributed by atoms with Crippen LogP contribution in [0.3, 0.4) is 0 Å². The zero-order valence-electron chi connectivity index (χ0n) is 61.8. The summed E-state index contributed by atoms with van der Waals surface area (Å²) in [6, 6.07) is 27.2. The largest absolute Gasteiger partial charge is 0.455 e. The summed E-state index contributed by atoms with van der Waals surface area (Å²) in [6.07, 6.45) is 14.6. The summed E-state index contributed by atoms with van der Waals surface area (Å²) in [6.45, 7) is 22.0. The van der Waals surface area contributed by atoms with Crippen molar-refractivity contribution < 1.29 is 42.4 Å². The van der Waals surface area contributed by atoms with Crippen LogP contribution in [-0.2, 0) is 31.0 Å². The number of pyridine rings is 1. The first-order valence-electron chi connectivity index (χ1n) is 37.6. The van der Waals surface area contributed by atoms with Crippen molar-refractivity contribution in [1.29, 1.82) is 0 Å². The van der Waals surface area contributed by atoms with E-state index in [4.69, 9.17) is 16.3 Å². The number of nitro groups is 1. The molecule has 4 aromatic carbocycles. The fourth-order valence-electron chi connectivity index (χ4n) is 15.7. The van der Waals surface area contributed by atoms with Crippen LogP contribution in [0.5, 0.6) is 11.5 Å². The Labute approximate surface area is 631 Å². The molecule has 12 rings (SSSR count). The monoisotopic (exact) mass is 1500 g/mol. The van der Waals surface area contributed by atoms with Crippen molar-refractivity contribution in [2.75, 3.05) is 88.8 Å². The number of aromatic nitrogens is 3. The zero-order chi connectivity index (χ0) is 74.9. The van der Waals surface area contributed by atoms with Gasteiger partial charge < -0.3 is 45.5 Å². The number of rotatable bonds is 28. The summed E-state index contributed by atoms with van der Waals surface area (Å²) in [5.41, 5.74) is 9.58. The Morgan fingerprint density at radius 3 is 2.28 bits per heavy atom. The van der Waals surface area contributed by atoms with Crippen LogP contribution < -0.4 is 30.3 Å². The van der Waals surface area contributed by atoms with Gasteiger partial charge in [0, 0.05) is 132 Å². The summed E-state index contributed by atoms with van der Waals surface area (Å²) < 4.78 is 36.8. The van der Waals surface area contributed by atoms with Crippen LogP contribution in [0, 0.1) is 33.8 Å². The van der Waals surface area contributed by atoms with Gasteiger partial charge in [0.05, 0.1) is 43.8 Å². The number of halogens is 1. The maximum absolute atomic E-state index is 14.3. The van der Waals surface area contributed by atoms with Crippen molar-refractivity contribution >= 4 is 90.3 Å². The van der Waals surface area contributed by atoms with Gasteiger partial charge in [-0.05, 0) is 159 Å². The number of aliphatic hydroxyl groups excluding tert-OH is 1. The third-order valence-electron chi connectivity index (χ3n) is 22.0. The van der Waals surface area contributed by atoms with Crippen LogP contribution >= 0.6 is 22.9 Å². The van der Waals surface area contributed by atoms with Gasteiger partial charge >= 0.3 is 0 Å². The van der Waals surface area contributed by atoms with E-state index in [1.54, 1.807) is 41.8 Å². The number of hydrogen-bond acceptors (Lipinski definition) is 18. The second kappa shape index (κ2) is 34.3. The van der Waals surface area contributed by atoms with Crippen molar-refractivity contribution in [3.63, 3.8) is 0 Å². The maximum atomic E-state index is 14.3. The van der Waals surface area contributed by atoms with E-state index in [2.05, 4.69) is 81.2 Å². The van der Waals surface area contributed by atoms with Gasteiger partial charge in [-0.1, -0.05) is 107 Å². The Morgan fingerprint density at radius 2 is 1.57 bits per heavy atom. The molecule has 566 valence electrons. The van der Waals surface area contributed by atoms with E-state index in [1.807, 2.05) is 75.7 Å². The third kappa shape index (κ3) is 19.7. The Bertz CT molecular complexity index is 4400. The number of fused-ring (bicyclic) bond motifs is 1. The number of aromatic amines is 1. The van der Waals surface area contributed by atoms with Crippen molar-refractivity contribution in [2.45, 2.75) is 167 Å². The highest BCUT2D eigenvalue weighted by atomic mass is 35.5. The summed E-state index contributed by atoms with van der Waals surface area (Å²) in [5, 5.41) is 34.0. The molecule has 3 saturated heterocycles. The normalized spacial score (nSPS) is 20.2. The summed E-state index contributed by atoms with van der Waals surface area (Å²) in [5.74, 6) is -1.16. The number of aryl methyl sites for hydroxylation is 1. The van der Waals surface area contributed by atoms with Gasteiger partial charge in [0.2, 0.25) is 17.7 Å². The van der Waals surface area contributed by atoms with Crippen LogP contribution in [0.25, 0.3) is 27.0 Å². The average Bonchev–Trinajstić information content (AvgIpc) is 1.10. The van der Waals surface area contributed by atoms with Gasteiger partial charge in [-0.3, -0.25) is 39.1 Å². The Kier molecular flexibility index (Phi) is 25.0. The van der Waals surface area contributed by atoms with Crippen molar-refractivity contribution in [2.24, 2.45) is 16.7 Å². The number of ether oxygens (including phenoxy) is 1. The van der Waals surface area contributed by atoms with Crippen LogP contribution in [0.2, 0.25) is 5.02 Å². The molecule has 6 N–H and O–H groups in total. The number of piperazine rings is 2. The second-order valence-electron chi connectivity index (χ2n) is 31.3. The van der Waals surface area contributed by atoms with Crippen molar-refractivity contribution in [3.05, 3.63) is 158 Å². The van der Waals surface area contributed by atoms with E-state index in [9.17, 15) is 42.8 Å². The minimum Gasteiger partial charge on any atom is -0.455 e. The molecular weight excluding hydrogens is 1400 g/mol. The molecule has 0 unspecified atom stereocenters. The number of carbonyl (C=O) groups excluding carboxylic acids is 4. The minimum absolute atomic E-state index is 0.0168. The lowest BCUT2D eigenvalue weighted by molar-refractivity contribution is -0.384. The Hall–Kier alpha value is -8.30. The lowest BCUT2D eigenvalue weighted by atomic mass is 9.72. The first-order chi connectivity index (χ1) is 50.8. The van der Waals surface area contributed by atoms with Gasteiger partial charge in [0.1, 0.15) is 34.9 Å². The predicted octanol–water partition coefficient (Wildman–Crippen LogP) is 13.0. The van der Waals surface area contributed by atoms with Crippen molar-refractivity contribution in [1.82, 2.24) is 49.9 Å². The van der Waals surface area contributed by atoms with Crippen LogP contribution in [0.1, 0.15) is 152 Å². The van der Waals surface area contributed by atoms with E-state index in [-0.39, 0.29) is 65.6 Å². The number of thiazole rings is 1. The average molecular weight is 1510 g/mol. The van der Waals surface area contributed by atoms with Gasteiger partial charge in [-0.2, -0.15) is 0 Å². The van der Waals surface area contributed by atoms with Gasteiger partial charge in [-0.25, -0.2) is 23.1 Å². The van der Waals surface area contributed by atoms with Crippen LogP contribution in [-0.4, -0.2) is 179 Å². The maximum Gasteiger partial charge on any atom is 0.293 e. The third-order valence-corrected chi connectivity index (χ3v) is 24.5. The quantitative estimate of drug-likeness (QED) is 0.0151. The van der Waals surface area contributed by atoms with E-state index >= 15 is 0 Å². The molecule has 26 heteroatoms. The lowest BCUT2D eigenvalue weighted by Gasteiger charge is -2.42. The second-order valence-corrected chi connectivity index (χ2v) is 34.3. The Morgan fingerprint density at radius 1 is 0.849 bits per heavy atom. The molecule has 4 fully saturated rings. The molecule has 2 aliphatic carbocycles. The number of sulfonamides is 1. The number of unbranched alkanes of at least 4 members (excludes halogenated alkanes) is 4. The molecule has 4 amide bonds. The number of β-amino-alcohol motifs (C(OH)–C–C–N with tert-alkyl or cyclic N) is 1. The van der Waals surface area contributed by atoms with E-state index < -0.39 is 55.0 Å². The lowest BCUT2D eigenvalue weighted by Crippen LogP contribution is -2.57. The standard InChI is InChI=1S/C80H102ClN13O10S2/c1-53-73(105-52-86-53)57-17-13-54(14-18-57)48-85-77(98)70-44-63(95)51-93(70)78(99)74(79(2,3)4)87-72(96)12-10-8-7-9-11-33-89-34-38-91(39-35-89)61-23-15-55(16-24-61)47-83-68-28-26-65(45-69(68)94(100)101)106(102,103)88-76(97)66-27-25-62(43-71(66)104-64-42-58-30-32-82-75(58)84-49-64)92-40-36-90(37-41-92)50-59-29-31-80(5,6)46-67(59)56-19-21-60(81)22-20-56/h13-14,17-22,25-28,30,32,42-43,45,49,52,55,61,63,70,74,83,95H,7-12,15-16,23-24,29,31,33-41,44,46-48,50-51H2,1-6H3,(H,82,84)(H,85,98)(H,87,96)(H,88,97)/t55?,61?,63-,70+,74-/m1/s1. The summed E-state index contributed by atoms with van der Waals surface area (Å²) >= 11 is 7.87. The number of carbonyl (C=O) groups is 4. The highest BCUT2D eigenvalue weighted by molar-refractivity contribution is 7.90. The van der Waals surface area contributed by atoms with E-state index in [1.165, 1.54) is 39.9 Å². The number of H-pyrrole nitrogens is 1. The van der Waals surface area contributed by atoms with E-state index in [0.29, 0.717) is 49.9 Å². The Balaban J connectivity index is 0.559. The van der Waals surface area contributed by atoms with Crippen LogP contribution in [0.15, 0.2) is 125 Å². The number of benzene rings is 4. The predicted molar refractivity (Wildman–Crippen MR) is 417 cm³/mol. The highest BCUT2D eigenvalue weighted by Gasteiger charge is 2.45. The number of nitrogens with one attached hydrogen (secondary N) is 5. The number of aliphatic hydroxyl groups is 1. The fourth-order valence-corrected chi connectivity index (χ4v) is 17.6.